The lowest BCUT2D eigenvalue weighted by Gasteiger charge is -2.35. The Balaban J connectivity index is 1.20. The summed E-state index contributed by atoms with van der Waals surface area (Å²) in [6, 6.07) is 81.7. The Morgan fingerprint density at radius 2 is 0.410 bits per heavy atom. The largest absolute Gasteiger partial charge is 0.522 e. The molecular weight excluding hydrogens is 757 g/mol. The summed E-state index contributed by atoms with van der Waals surface area (Å²) in [7, 11) is -3.54. The van der Waals surface area contributed by atoms with Gasteiger partial charge in [0.05, 0.1) is 22.8 Å². The first-order valence-electron chi connectivity index (χ1n) is 21.1. The van der Waals surface area contributed by atoms with E-state index in [2.05, 4.69) is 235 Å². The van der Waals surface area contributed by atoms with Gasteiger partial charge >= 0.3 is 8.72 Å². The Bertz CT molecular complexity index is 3280. The van der Waals surface area contributed by atoms with Crippen molar-refractivity contribution in [1.29, 1.82) is 0 Å². The minimum absolute atomic E-state index is 1.22. The van der Waals surface area contributed by atoms with E-state index in [1.54, 1.807) is 0 Å². The van der Waals surface area contributed by atoms with Crippen molar-refractivity contribution in [3.8, 4) is 67.8 Å². The molecule has 0 fully saturated rings. The van der Waals surface area contributed by atoms with Crippen LogP contribution in [-0.2, 0) is 0 Å². The highest BCUT2D eigenvalue weighted by molar-refractivity contribution is 6.79. The fraction of sp³-hybridized carbons (Fsp3) is 0. The SMILES string of the molecule is c1ccc2c(-c3ccc4n3[Si]3(n5c(-c6cccc7ccccc67)ccc5-4)n4c(-c5cccc6ccccc56)ccc4-c4ccc(-c5cccc6ccccc56)n43)cccc2c1. The quantitative estimate of drug-likeness (QED) is 0.158. The molecule has 0 saturated carbocycles. The monoisotopic (exact) mass is 792 g/mol. The van der Waals surface area contributed by atoms with E-state index in [9.17, 15) is 0 Å². The van der Waals surface area contributed by atoms with Gasteiger partial charge in [-0.1, -0.05) is 170 Å². The molecule has 6 heterocycles. The second-order valence-electron chi connectivity index (χ2n) is 16.5. The van der Waals surface area contributed by atoms with Gasteiger partial charge in [0, 0.05) is 45.0 Å². The van der Waals surface area contributed by atoms with E-state index in [1.165, 1.54) is 111 Å². The van der Waals surface area contributed by atoms with Crippen LogP contribution in [0.25, 0.3) is 111 Å². The van der Waals surface area contributed by atoms with Crippen molar-refractivity contribution in [2.24, 2.45) is 0 Å². The molecule has 4 aromatic heterocycles. The van der Waals surface area contributed by atoms with Crippen LogP contribution in [0, 0.1) is 0 Å². The number of aromatic nitrogens is 4. The van der Waals surface area contributed by atoms with Crippen LogP contribution in [0.5, 0.6) is 0 Å². The summed E-state index contributed by atoms with van der Waals surface area (Å²) in [4.78, 5) is 0. The maximum atomic E-state index is 2.79. The van der Waals surface area contributed by atoms with Gasteiger partial charge in [-0.05, 0) is 91.6 Å². The standard InChI is InChI=1S/C56H36N4Si/c1-5-21-41-37(13-1)17-9-25-45(41)49-29-33-53-54-34-30-50(46-26-10-18-38-14-2-6-22-42(38)46)58(54)61(57(49)53)59-51(47-27-11-19-39-15-3-7-23-43(39)47)31-35-55(59)56-36-32-52(60(56)61)48-28-12-20-40-16-4-8-24-44(40)48/h1-36H. The molecule has 8 aromatic carbocycles. The molecule has 0 amide bonds. The normalized spacial score (nSPS) is 13.4. The van der Waals surface area contributed by atoms with Crippen LogP contribution in [-0.4, -0.2) is 25.7 Å². The van der Waals surface area contributed by atoms with Crippen molar-refractivity contribution in [3.63, 3.8) is 0 Å². The predicted molar refractivity (Wildman–Crippen MR) is 255 cm³/mol. The van der Waals surface area contributed by atoms with Crippen molar-refractivity contribution in [1.82, 2.24) is 16.9 Å². The zero-order chi connectivity index (χ0) is 39.8. The van der Waals surface area contributed by atoms with E-state index in [0.717, 1.165) is 0 Å². The van der Waals surface area contributed by atoms with Crippen LogP contribution in [0.2, 0.25) is 0 Å². The molecule has 1 spiro atoms. The van der Waals surface area contributed by atoms with Gasteiger partial charge in [-0.25, -0.2) is 0 Å². The van der Waals surface area contributed by atoms with Crippen molar-refractivity contribution in [2.75, 3.05) is 0 Å². The van der Waals surface area contributed by atoms with Gasteiger partial charge < -0.3 is 16.9 Å². The Kier molecular flexibility index (Phi) is 6.55. The minimum Gasteiger partial charge on any atom is -0.313 e. The molecule has 2 aliphatic rings. The Labute approximate surface area is 353 Å². The van der Waals surface area contributed by atoms with Crippen molar-refractivity contribution in [2.45, 2.75) is 0 Å². The molecule has 2 aliphatic heterocycles. The molecule has 0 N–H and O–H groups in total. The van der Waals surface area contributed by atoms with E-state index < -0.39 is 8.72 Å². The maximum absolute atomic E-state index is 3.54. The van der Waals surface area contributed by atoms with E-state index in [1.807, 2.05) is 0 Å². The third kappa shape index (κ3) is 4.22. The van der Waals surface area contributed by atoms with Gasteiger partial charge in [0.25, 0.3) is 0 Å². The maximum Gasteiger partial charge on any atom is 0.522 e. The highest BCUT2D eigenvalue weighted by atomic mass is 28.4. The zero-order valence-electron chi connectivity index (χ0n) is 33.1. The molecule has 5 heteroatoms. The summed E-state index contributed by atoms with van der Waals surface area (Å²) in [6.45, 7) is 0. The summed E-state index contributed by atoms with van der Waals surface area (Å²) in [5.41, 5.74) is 14.8. The molecule has 0 aliphatic carbocycles. The Hall–Kier alpha value is -7.86. The Morgan fingerprint density at radius 1 is 0.197 bits per heavy atom. The van der Waals surface area contributed by atoms with Crippen molar-refractivity contribution < 1.29 is 0 Å². The van der Waals surface area contributed by atoms with Gasteiger partial charge in [0.2, 0.25) is 0 Å². The van der Waals surface area contributed by atoms with Gasteiger partial charge in [-0.2, -0.15) is 0 Å². The zero-order valence-corrected chi connectivity index (χ0v) is 34.1. The number of hydrogen-bond acceptors (Lipinski definition) is 0. The lowest BCUT2D eigenvalue weighted by Crippen LogP contribution is -2.60. The van der Waals surface area contributed by atoms with Crippen LogP contribution in [0.3, 0.4) is 0 Å². The fourth-order valence-electron chi connectivity index (χ4n) is 11.1. The third-order valence-corrected chi connectivity index (χ3v) is 17.8. The molecule has 0 bridgehead atoms. The molecule has 12 aromatic rings. The highest BCUT2D eigenvalue weighted by Gasteiger charge is 2.61. The molecule has 284 valence electrons. The number of rotatable bonds is 4. The van der Waals surface area contributed by atoms with E-state index in [0.29, 0.717) is 0 Å². The van der Waals surface area contributed by atoms with E-state index >= 15 is 0 Å². The summed E-state index contributed by atoms with van der Waals surface area (Å²) < 4.78 is 11.2. The molecule has 0 unspecified atom stereocenters. The van der Waals surface area contributed by atoms with Crippen LogP contribution in [0.4, 0.5) is 0 Å². The number of fused-ring (bicyclic) bond motifs is 14. The minimum atomic E-state index is -3.54. The lowest BCUT2D eigenvalue weighted by atomic mass is 10.0. The number of nitrogens with zero attached hydrogens (tertiary/aromatic N) is 4. The summed E-state index contributed by atoms with van der Waals surface area (Å²) >= 11 is 0. The number of hydrogen-bond donors (Lipinski definition) is 0. The average molecular weight is 793 g/mol. The highest BCUT2D eigenvalue weighted by Crippen LogP contribution is 2.54. The molecule has 14 rings (SSSR count). The second-order valence-corrected chi connectivity index (χ2v) is 19.5. The van der Waals surface area contributed by atoms with Gasteiger partial charge in [0.1, 0.15) is 0 Å². The Morgan fingerprint density at radius 3 is 0.672 bits per heavy atom. The van der Waals surface area contributed by atoms with Gasteiger partial charge in [-0.3, -0.25) is 0 Å². The van der Waals surface area contributed by atoms with Crippen LogP contribution >= 0.6 is 0 Å². The van der Waals surface area contributed by atoms with Crippen molar-refractivity contribution >= 4 is 51.8 Å². The summed E-state index contributed by atoms with van der Waals surface area (Å²) in [5.74, 6) is 0. The fourth-order valence-corrected chi connectivity index (χ4v) is 16.4. The lowest BCUT2D eigenvalue weighted by molar-refractivity contribution is 0.918. The van der Waals surface area contributed by atoms with Crippen LogP contribution in [0.1, 0.15) is 0 Å². The van der Waals surface area contributed by atoms with Gasteiger partial charge in [-0.15, -0.1) is 0 Å². The van der Waals surface area contributed by atoms with Crippen LogP contribution < -0.4 is 0 Å². The summed E-state index contributed by atoms with van der Waals surface area (Å²) in [5, 5.41) is 9.97. The van der Waals surface area contributed by atoms with Crippen molar-refractivity contribution in [3.05, 3.63) is 218 Å². The second kappa shape index (κ2) is 12.1. The molecule has 4 nitrogen and oxygen atoms in total. The molecule has 0 atom stereocenters. The summed E-state index contributed by atoms with van der Waals surface area (Å²) in [6.07, 6.45) is 0. The average Bonchev–Trinajstić information content (AvgIpc) is 4.18. The first-order chi connectivity index (χ1) is 30.3. The first-order valence-corrected chi connectivity index (χ1v) is 22.9. The third-order valence-electron chi connectivity index (χ3n) is 13.5. The van der Waals surface area contributed by atoms with Crippen LogP contribution in [0.15, 0.2) is 218 Å². The van der Waals surface area contributed by atoms with Gasteiger partial charge in [0.15, 0.2) is 0 Å². The van der Waals surface area contributed by atoms with E-state index in [4.69, 9.17) is 0 Å². The topological polar surface area (TPSA) is 19.7 Å². The smallest absolute Gasteiger partial charge is 0.313 e. The molecular formula is C56H36N4Si. The molecule has 61 heavy (non-hydrogen) atoms. The first kappa shape index (κ1) is 33.0. The number of benzene rings is 8. The van der Waals surface area contributed by atoms with E-state index in [-0.39, 0.29) is 0 Å². The predicted octanol–water partition coefficient (Wildman–Crippen LogP) is 14.1. The molecule has 0 radical (unpaired) electrons. The molecule has 0 saturated heterocycles.